The second-order valence-corrected chi connectivity index (χ2v) is 3.20. The molecule has 0 bridgehead atoms. The first-order valence-corrected chi connectivity index (χ1v) is 4.12. The molecular weight excluding hydrogens is 274 g/mol. The Morgan fingerprint density at radius 2 is 2.08 bits per heavy atom. The van der Waals surface area contributed by atoms with E-state index in [2.05, 4.69) is 25.7 Å². The van der Waals surface area contributed by atoms with Crippen molar-refractivity contribution in [1.29, 1.82) is 0 Å². The van der Waals surface area contributed by atoms with Crippen LogP contribution in [-0.4, -0.2) is 11.3 Å². The third kappa shape index (κ3) is 3.40. The van der Waals surface area contributed by atoms with Crippen molar-refractivity contribution in [1.82, 2.24) is 4.98 Å². The number of nitrogens with zero attached hydrogens (tertiary/aromatic N) is 1. The minimum absolute atomic E-state index is 0.0783. The lowest BCUT2D eigenvalue weighted by atomic mass is 10.5. The zero-order chi connectivity index (χ0) is 10.1. The van der Waals surface area contributed by atoms with Gasteiger partial charge in [0.25, 0.3) is 0 Å². The molecule has 0 atom stereocenters. The van der Waals surface area contributed by atoms with Crippen molar-refractivity contribution in [3.05, 3.63) is 21.9 Å². The van der Waals surface area contributed by atoms with Crippen molar-refractivity contribution in [3.8, 4) is 5.75 Å². The molecule has 2 nitrogen and oxygen atoms in total. The first kappa shape index (κ1) is 10.6. The molecule has 0 saturated heterocycles. The molecule has 1 aromatic heterocycles. The number of halogens is 5. The van der Waals surface area contributed by atoms with Crippen molar-refractivity contribution in [2.45, 2.75) is 6.36 Å². The zero-order valence-corrected chi connectivity index (χ0v) is 8.24. The summed E-state index contributed by atoms with van der Waals surface area (Å²) in [7, 11) is 0. The molecule has 0 aliphatic heterocycles. The van der Waals surface area contributed by atoms with Gasteiger partial charge in [0.05, 0.1) is 10.7 Å². The van der Waals surface area contributed by atoms with Gasteiger partial charge in [-0.05, 0) is 22.0 Å². The Bertz CT molecular complexity index is 317. The summed E-state index contributed by atoms with van der Waals surface area (Å²) in [5.41, 5.74) is 0. The molecule has 0 aliphatic carbocycles. The number of alkyl halides is 3. The lowest BCUT2D eigenvalue weighted by Gasteiger charge is -2.08. The van der Waals surface area contributed by atoms with Crippen LogP contribution in [0, 0.1) is 0 Å². The van der Waals surface area contributed by atoms with E-state index in [4.69, 9.17) is 11.6 Å². The van der Waals surface area contributed by atoms with Crippen molar-refractivity contribution >= 4 is 27.5 Å². The molecule has 72 valence electrons. The van der Waals surface area contributed by atoms with E-state index in [1.165, 1.54) is 0 Å². The van der Waals surface area contributed by atoms with Gasteiger partial charge in [0, 0.05) is 0 Å². The van der Waals surface area contributed by atoms with Gasteiger partial charge in [-0.1, -0.05) is 11.6 Å². The molecule has 0 spiro atoms. The molecule has 0 saturated carbocycles. The topological polar surface area (TPSA) is 22.1 Å². The molecule has 7 heteroatoms. The molecule has 0 fully saturated rings. The highest BCUT2D eigenvalue weighted by Gasteiger charge is 2.31. The van der Waals surface area contributed by atoms with Crippen LogP contribution in [0.4, 0.5) is 13.2 Å². The van der Waals surface area contributed by atoms with Gasteiger partial charge in [-0.15, -0.1) is 13.2 Å². The Kier molecular flexibility index (Phi) is 3.02. The summed E-state index contributed by atoms with van der Waals surface area (Å²) >= 11 is 8.37. The first-order chi connectivity index (χ1) is 5.88. The molecule has 1 rings (SSSR count). The van der Waals surface area contributed by atoms with Crippen LogP contribution in [0.2, 0.25) is 5.15 Å². The van der Waals surface area contributed by atoms with E-state index in [-0.39, 0.29) is 9.63 Å². The Morgan fingerprint density at radius 3 is 2.54 bits per heavy atom. The summed E-state index contributed by atoms with van der Waals surface area (Å²) in [6.07, 6.45) is -3.82. The van der Waals surface area contributed by atoms with Gasteiger partial charge in [0.2, 0.25) is 0 Å². The maximum absolute atomic E-state index is 11.7. The lowest BCUT2D eigenvalue weighted by Crippen LogP contribution is -2.17. The van der Waals surface area contributed by atoms with Gasteiger partial charge < -0.3 is 4.74 Å². The van der Waals surface area contributed by atoms with Gasteiger partial charge in [-0.2, -0.15) is 0 Å². The standard InChI is InChI=1S/C6H2BrClF3NO/c7-4-1-3(2-12-5(4)8)13-6(9,10)11/h1-2H. The van der Waals surface area contributed by atoms with E-state index in [9.17, 15) is 13.2 Å². The van der Waals surface area contributed by atoms with Gasteiger partial charge in [-0.3, -0.25) is 0 Å². The van der Waals surface area contributed by atoms with E-state index >= 15 is 0 Å². The van der Waals surface area contributed by atoms with Gasteiger partial charge in [-0.25, -0.2) is 4.98 Å². The van der Waals surface area contributed by atoms with E-state index < -0.39 is 12.1 Å². The number of aromatic nitrogens is 1. The smallest absolute Gasteiger partial charge is 0.404 e. The quantitative estimate of drug-likeness (QED) is 0.734. The molecule has 0 N–H and O–H groups in total. The average molecular weight is 276 g/mol. The second-order valence-electron chi connectivity index (χ2n) is 1.99. The number of hydrogen-bond donors (Lipinski definition) is 0. The third-order valence-electron chi connectivity index (χ3n) is 1.00. The van der Waals surface area contributed by atoms with E-state index in [0.29, 0.717) is 0 Å². The fourth-order valence-corrected chi connectivity index (χ4v) is 1.02. The van der Waals surface area contributed by atoms with Crippen LogP contribution in [0.25, 0.3) is 0 Å². The summed E-state index contributed by atoms with van der Waals surface area (Å²) in [6, 6.07) is 1.09. The highest BCUT2D eigenvalue weighted by molar-refractivity contribution is 9.10. The monoisotopic (exact) mass is 275 g/mol. The van der Waals surface area contributed by atoms with Crippen LogP contribution in [0.1, 0.15) is 0 Å². The molecule has 0 aliphatic rings. The lowest BCUT2D eigenvalue weighted by molar-refractivity contribution is -0.274. The van der Waals surface area contributed by atoms with Crippen molar-refractivity contribution in [2.24, 2.45) is 0 Å². The summed E-state index contributed by atoms with van der Waals surface area (Å²) < 4.78 is 38.9. The van der Waals surface area contributed by atoms with E-state index in [1.807, 2.05) is 0 Å². The predicted molar refractivity (Wildman–Crippen MR) is 43.6 cm³/mol. The summed E-state index contributed by atoms with van der Waals surface area (Å²) in [4.78, 5) is 3.46. The largest absolute Gasteiger partial charge is 0.573 e. The molecule has 0 radical (unpaired) electrons. The molecule has 1 heterocycles. The molecular formula is C6H2BrClF3NO. The summed E-state index contributed by atoms with van der Waals surface area (Å²) in [5, 5.41) is 0.0783. The number of pyridine rings is 1. The Labute approximate surface area is 84.8 Å². The van der Waals surface area contributed by atoms with Crippen LogP contribution in [-0.2, 0) is 0 Å². The van der Waals surface area contributed by atoms with Crippen molar-refractivity contribution in [3.63, 3.8) is 0 Å². The third-order valence-corrected chi connectivity index (χ3v) is 2.14. The Morgan fingerprint density at radius 1 is 1.46 bits per heavy atom. The number of hydrogen-bond acceptors (Lipinski definition) is 2. The maximum Gasteiger partial charge on any atom is 0.573 e. The first-order valence-electron chi connectivity index (χ1n) is 2.95. The molecule has 1 aromatic rings. The van der Waals surface area contributed by atoms with Gasteiger partial charge in [0.1, 0.15) is 10.9 Å². The highest BCUT2D eigenvalue weighted by atomic mass is 79.9. The fraction of sp³-hybridized carbons (Fsp3) is 0.167. The summed E-state index contributed by atoms with van der Waals surface area (Å²) in [6.45, 7) is 0. The summed E-state index contributed by atoms with van der Waals surface area (Å²) in [5.74, 6) is -0.413. The SMILES string of the molecule is FC(F)(F)Oc1cnc(Cl)c(Br)c1. The Hall–Kier alpha value is -0.490. The van der Waals surface area contributed by atoms with Crippen molar-refractivity contribution < 1.29 is 17.9 Å². The zero-order valence-electron chi connectivity index (χ0n) is 5.90. The second kappa shape index (κ2) is 3.71. The van der Waals surface area contributed by atoms with Crippen LogP contribution in [0.3, 0.4) is 0 Å². The predicted octanol–water partition coefficient (Wildman–Crippen LogP) is 3.40. The highest BCUT2D eigenvalue weighted by Crippen LogP contribution is 2.27. The number of ether oxygens (including phenoxy) is 1. The minimum atomic E-state index is -4.71. The molecule has 0 aromatic carbocycles. The van der Waals surface area contributed by atoms with Crippen LogP contribution in [0.5, 0.6) is 5.75 Å². The van der Waals surface area contributed by atoms with Crippen LogP contribution >= 0.6 is 27.5 Å². The minimum Gasteiger partial charge on any atom is -0.404 e. The molecule has 0 amide bonds. The van der Waals surface area contributed by atoms with Crippen LogP contribution in [0.15, 0.2) is 16.7 Å². The molecule has 0 unspecified atom stereocenters. The normalized spacial score (nSPS) is 11.5. The van der Waals surface area contributed by atoms with E-state index in [0.717, 1.165) is 12.3 Å². The van der Waals surface area contributed by atoms with Crippen LogP contribution < -0.4 is 4.74 Å². The fourth-order valence-electron chi connectivity index (χ4n) is 0.593. The number of rotatable bonds is 1. The molecule has 13 heavy (non-hydrogen) atoms. The van der Waals surface area contributed by atoms with E-state index in [1.54, 1.807) is 0 Å². The van der Waals surface area contributed by atoms with Gasteiger partial charge >= 0.3 is 6.36 Å². The van der Waals surface area contributed by atoms with Gasteiger partial charge in [0.15, 0.2) is 0 Å². The average Bonchev–Trinajstić information content (AvgIpc) is 1.94. The Balaban J connectivity index is 2.86. The maximum atomic E-state index is 11.7. The van der Waals surface area contributed by atoms with Crippen molar-refractivity contribution in [2.75, 3.05) is 0 Å².